The number of anilines is 1. The molecule has 0 bridgehead atoms. The fourth-order valence-corrected chi connectivity index (χ4v) is 3.50. The van der Waals surface area contributed by atoms with Gasteiger partial charge in [-0.3, -0.25) is 0 Å². The third-order valence-electron chi connectivity index (χ3n) is 4.56. The minimum Gasteiger partial charge on any atom is -0.487 e. The van der Waals surface area contributed by atoms with E-state index < -0.39 is 5.76 Å². The fourth-order valence-electron chi connectivity index (χ4n) is 3.24. The van der Waals surface area contributed by atoms with Crippen molar-refractivity contribution in [2.75, 3.05) is 18.4 Å². The Balaban J connectivity index is 0.00000261. The summed E-state index contributed by atoms with van der Waals surface area (Å²) in [4.78, 5) is 11.3. The van der Waals surface area contributed by atoms with E-state index in [1.165, 1.54) is 0 Å². The van der Waals surface area contributed by atoms with Crippen molar-refractivity contribution in [2.45, 2.75) is 45.8 Å². The number of nitrogens with one attached hydrogen (secondary N) is 3. The smallest absolute Gasteiger partial charge is 0.434 e. The second-order valence-electron chi connectivity index (χ2n) is 6.94. The van der Waals surface area contributed by atoms with Crippen LogP contribution in [0.15, 0.2) is 21.3 Å². The van der Waals surface area contributed by atoms with Gasteiger partial charge >= 0.3 is 5.76 Å². The van der Waals surface area contributed by atoms with Crippen molar-refractivity contribution in [3.05, 3.63) is 27.7 Å². The van der Waals surface area contributed by atoms with Crippen molar-refractivity contribution in [3.63, 3.8) is 0 Å². The maximum absolute atomic E-state index is 11.3. The zero-order chi connectivity index (χ0) is 18.7. The highest BCUT2D eigenvalue weighted by atomic mass is 35.5. The molecule has 9 heteroatoms. The molecular formula is C18H26Cl2N4O3. The summed E-state index contributed by atoms with van der Waals surface area (Å²) in [6.07, 6.45) is 2.23. The molecule has 3 N–H and O–H groups in total. The van der Waals surface area contributed by atoms with E-state index in [2.05, 4.69) is 27.8 Å². The largest absolute Gasteiger partial charge is 0.487 e. The molecule has 0 saturated carbocycles. The van der Waals surface area contributed by atoms with Crippen LogP contribution in [0.3, 0.4) is 0 Å². The maximum Gasteiger partial charge on any atom is 0.434 e. The Morgan fingerprint density at radius 3 is 2.59 bits per heavy atom. The molecule has 150 valence electrons. The van der Waals surface area contributed by atoms with E-state index in [-0.39, 0.29) is 30.4 Å². The van der Waals surface area contributed by atoms with Crippen LogP contribution in [0.2, 0.25) is 5.02 Å². The van der Waals surface area contributed by atoms with E-state index >= 15 is 0 Å². The molecule has 0 radical (unpaired) electrons. The first-order chi connectivity index (χ1) is 12.4. The van der Waals surface area contributed by atoms with Gasteiger partial charge in [0.1, 0.15) is 0 Å². The van der Waals surface area contributed by atoms with Crippen LogP contribution >= 0.6 is 24.0 Å². The Morgan fingerprint density at radius 2 is 2.00 bits per heavy atom. The molecule has 2 heterocycles. The Bertz CT molecular complexity index is 800. The standard InChI is InChI=1S/C18H25ClN4O3.ClH/c1-10(2)25-16-14(19)8-13(17-22-23-18(24)26-17)9-15(16)21-11(3)12-4-6-20-7-5-12;/h8-12,20-21H,4-7H2,1-3H3,(H,23,24);1H/t11-;/m0./s1. The molecule has 1 aromatic heterocycles. The van der Waals surface area contributed by atoms with Crippen LogP contribution < -0.4 is 21.1 Å². The van der Waals surface area contributed by atoms with Crippen molar-refractivity contribution in [3.8, 4) is 17.2 Å². The van der Waals surface area contributed by atoms with Gasteiger partial charge in [0.15, 0.2) is 5.75 Å². The molecule has 1 aliphatic heterocycles. The second kappa shape index (κ2) is 9.48. The first kappa shape index (κ1) is 21.6. The summed E-state index contributed by atoms with van der Waals surface area (Å²) in [5.74, 6) is 0.764. The van der Waals surface area contributed by atoms with E-state index in [1.807, 2.05) is 19.9 Å². The van der Waals surface area contributed by atoms with Gasteiger partial charge < -0.3 is 19.8 Å². The minimum absolute atomic E-state index is 0. The average molecular weight is 417 g/mol. The molecule has 1 saturated heterocycles. The normalized spacial score (nSPS) is 16.0. The van der Waals surface area contributed by atoms with Gasteiger partial charge in [0, 0.05) is 11.6 Å². The molecule has 7 nitrogen and oxygen atoms in total. The first-order valence-electron chi connectivity index (χ1n) is 8.97. The number of nitrogens with zero attached hydrogens (tertiary/aromatic N) is 1. The van der Waals surface area contributed by atoms with Crippen molar-refractivity contribution in [2.24, 2.45) is 5.92 Å². The van der Waals surface area contributed by atoms with E-state index in [0.717, 1.165) is 31.6 Å². The molecule has 1 atom stereocenters. The van der Waals surface area contributed by atoms with Crippen LogP contribution in [0, 0.1) is 5.92 Å². The number of rotatable bonds is 6. The summed E-state index contributed by atoms with van der Waals surface area (Å²) in [5.41, 5.74) is 1.39. The third-order valence-corrected chi connectivity index (χ3v) is 4.84. The topological polar surface area (TPSA) is 92.2 Å². The van der Waals surface area contributed by atoms with Crippen LogP contribution in [-0.4, -0.2) is 35.4 Å². The lowest BCUT2D eigenvalue weighted by atomic mass is 9.91. The van der Waals surface area contributed by atoms with Crippen molar-refractivity contribution >= 4 is 29.7 Å². The molecule has 0 amide bonds. The van der Waals surface area contributed by atoms with Gasteiger partial charge in [0.25, 0.3) is 0 Å². The van der Waals surface area contributed by atoms with E-state index in [9.17, 15) is 4.79 Å². The molecular weight excluding hydrogens is 391 g/mol. The van der Waals surface area contributed by atoms with Gasteiger partial charge in [0.2, 0.25) is 5.89 Å². The Morgan fingerprint density at radius 1 is 1.30 bits per heavy atom. The SMILES string of the molecule is CC(C)Oc1c(Cl)cc(-c2n[nH]c(=O)o2)cc1N[C@@H](C)C1CCNCC1.Cl. The lowest BCUT2D eigenvalue weighted by Gasteiger charge is -2.30. The lowest BCUT2D eigenvalue weighted by molar-refractivity contribution is 0.243. The summed E-state index contributed by atoms with van der Waals surface area (Å²) in [7, 11) is 0. The van der Waals surface area contributed by atoms with Crippen LogP contribution in [0.4, 0.5) is 5.69 Å². The van der Waals surface area contributed by atoms with Gasteiger partial charge in [-0.2, -0.15) is 0 Å². The highest BCUT2D eigenvalue weighted by Gasteiger charge is 2.23. The van der Waals surface area contributed by atoms with E-state index in [4.69, 9.17) is 20.8 Å². The van der Waals surface area contributed by atoms with Gasteiger partial charge in [-0.15, -0.1) is 17.5 Å². The molecule has 1 aromatic carbocycles. The fraction of sp³-hybridized carbons (Fsp3) is 0.556. The zero-order valence-corrected chi connectivity index (χ0v) is 17.2. The predicted molar refractivity (Wildman–Crippen MR) is 109 cm³/mol. The summed E-state index contributed by atoms with van der Waals surface area (Å²) < 4.78 is 11.0. The lowest BCUT2D eigenvalue weighted by Crippen LogP contribution is -2.36. The van der Waals surface area contributed by atoms with Gasteiger partial charge in [-0.1, -0.05) is 11.6 Å². The average Bonchev–Trinajstić information content (AvgIpc) is 3.04. The Hall–Kier alpha value is -1.70. The van der Waals surface area contributed by atoms with Crippen LogP contribution in [-0.2, 0) is 0 Å². The predicted octanol–water partition coefficient (Wildman–Crippen LogP) is 3.69. The van der Waals surface area contributed by atoms with Gasteiger partial charge in [0.05, 0.1) is 16.8 Å². The minimum atomic E-state index is -0.601. The monoisotopic (exact) mass is 416 g/mol. The van der Waals surface area contributed by atoms with Crippen LogP contribution in [0.25, 0.3) is 11.5 Å². The summed E-state index contributed by atoms with van der Waals surface area (Å²) in [6, 6.07) is 3.81. The zero-order valence-electron chi connectivity index (χ0n) is 15.7. The molecule has 0 spiro atoms. The molecule has 3 rings (SSSR count). The highest BCUT2D eigenvalue weighted by Crippen LogP contribution is 2.39. The molecule has 1 fully saturated rings. The Labute approximate surface area is 169 Å². The second-order valence-corrected chi connectivity index (χ2v) is 7.35. The number of aromatic nitrogens is 2. The van der Waals surface area contributed by atoms with Gasteiger partial charge in [-0.25, -0.2) is 9.89 Å². The highest BCUT2D eigenvalue weighted by molar-refractivity contribution is 6.32. The number of halogens is 2. The summed E-state index contributed by atoms with van der Waals surface area (Å²) in [5, 5.41) is 13.5. The first-order valence-corrected chi connectivity index (χ1v) is 9.35. The number of piperidine rings is 1. The van der Waals surface area contributed by atoms with Crippen LogP contribution in [0.5, 0.6) is 5.75 Å². The molecule has 1 aliphatic rings. The quantitative estimate of drug-likeness (QED) is 0.664. The number of hydrogen-bond acceptors (Lipinski definition) is 6. The van der Waals surface area contributed by atoms with Crippen molar-refractivity contribution < 1.29 is 9.15 Å². The number of aromatic amines is 1. The van der Waals surface area contributed by atoms with Gasteiger partial charge in [-0.05, 0) is 64.8 Å². The summed E-state index contributed by atoms with van der Waals surface area (Å²) >= 11 is 6.47. The van der Waals surface area contributed by atoms with E-state index in [1.54, 1.807) is 6.07 Å². The number of hydrogen-bond donors (Lipinski definition) is 3. The maximum atomic E-state index is 11.3. The molecule has 27 heavy (non-hydrogen) atoms. The number of benzene rings is 1. The number of H-pyrrole nitrogens is 1. The van der Waals surface area contributed by atoms with Crippen LogP contribution in [0.1, 0.15) is 33.6 Å². The third kappa shape index (κ3) is 5.40. The molecule has 0 unspecified atom stereocenters. The molecule has 2 aromatic rings. The van der Waals surface area contributed by atoms with E-state index in [0.29, 0.717) is 22.3 Å². The molecule has 0 aliphatic carbocycles. The summed E-state index contributed by atoms with van der Waals surface area (Å²) in [6.45, 7) is 8.15. The number of ether oxygens (including phenoxy) is 1. The van der Waals surface area contributed by atoms with Crippen molar-refractivity contribution in [1.82, 2.24) is 15.5 Å². The van der Waals surface area contributed by atoms with Crippen molar-refractivity contribution in [1.29, 1.82) is 0 Å². The Kier molecular flexibility index (Phi) is 7.59.